The number of benzene rings is 2. The number of aromatic nitrogens is 1. The van der Waals surface area contributed by atoms with Gasteiger partial charge in [0, 0.05) is 102 Å². The molecule has 3 aromatic rings. The molecule has 6 aliphatic rings. The molecule has 15 nitrogen and oxygen atoms in total. The molecule has 9 rings (SSSR count). The van der Waals surface area contributed by atoms with E-state index in [2.05, 4.69) is 40.1 Å². The minimum Gasteiger partial charge on any atom is -0.372 e. The lowest BCUT2D eigenvalue weighted by atomic mass is 9.95. The number of carbonyl (C=O) groups excluding carboxylic acids is 5. The average molecular weight is 895 g/mol. The summed E-state index contributed by atoms with van der Waals surface area (Å²) in [6.07, 6.45) is 1.63. The maximum absolute atomic E-state index is 13.5. The van der Waals surface area contributed by atoms with Crippen LogP contribution in [0.15, 0.2) is 54.7 Å². The van der Waals surface area contributed by atoms with Crippen LogP contribution in [0.1, 0.15) is 71.2 Å². The third-order valence-electron chi connectivity index (χ3n) is 14.2. The largest absolute Gasteiger partial charge is 0.407 e. The molecule has 1 unspecified atom stereocenters. The van der Waals surface area contributed by atoms with E-state index in [1.54, 1.807) is 18.3 Å². The molecular weight excluding hydrogens is 842 g/mol. The molecule has 0 bridgehead atoms. The number of imide groups is 2. The Morgan fingerprint density at radius 1 is 0.723 bits per heavy atom. The fourth-order valence-electron chi connectivity index (χ4n) is 10.5. The van der Waals surface area contributed by atoms with Crippen molar-refractivity contribution < 1.29 is 37.1 Å². The maximum atomic E-state index is 13.5. The summed E-state index contributed by atoms with van der Waals surface area (Å²) in [6, 6.07) is 12.0. The highest BCUT2D eigenvalue weighted by atomic mass is 19.4. The van der Waals surface area contributed by atoms with E-state index in [1.807, 2.05) is 23.1 Å². The minimum atomic E-state index is -4.61. The fourth-order valence-corrected chi connectivity index (χ4v) is 10.5. The number of pyridine rings is 1. The highest BCUT2D eigenvalue weighted by Gasteiger charge is 2.45. The van der Waals surface area contributed by atoms with Crippen molar-refractivity contribution in [1.29, 1.82) is 0 Å². The number of anilines is 4. The monoisotopic (exact) mass is 894 g/mol. The lowest BCUT2D eigenvalue weighted by molar-refractivity contribution is -0.137. The van der Waals surface area contributed by atoms with Crippen molar-refractivity contribution in [3.05, 3.63) is 82.8 Å². The second kappa shape index (κ2) is 18.4. The number of alkyl halides is 3. The number of carbonyl (C=O) groups is 5. The molecule has 342 valence electrons. The molecule has 5 fully saturated rings. The summed E-state index contributed by atoms with van der Waals surface area (Å²) >= 11 is 0. The zero-order valence-electron chi connectivity index (χ0n) is 36.2. The molecule has 5 amide bonds. The Kier molecular flexibility index (Phi) is 12.5. The number of nitrogens with zero attached hydrogens (tertiary/aromatic N) is 8. The van der Waals surface area contributed by atoms with Crippen LogP contribution in [-0.4, -0.2) is 134 Å². The van der Waals surface area contributed by atoms with E-state index in [0.29, 0.717) is 60.4 Å². The van der Waals surface area contributed by atoms with Crippen LogP contribution in [0.25, 0.3) is 4.85 Å². The second-order valence-corrected chi connectivity index (χ2v) is 18.3. The summed E-state index contributed by atoms with van der Waals surface area (Å²) in [5.74, 6) is -0.820. The van der Waals surface area contributed by atoms with Crippen LogP contribution in [0.3, 0.4) is 0 Å². The Morgan fingerprint density at radius 3 is 1.98 bits per heavy atom. The Morgan fingerprint density at radius 2 is 1.32 bits per heavy atom. The van der Waals surface area contributed by atoms with Crippen LogP contribution in [-0.2, 0) is 20.6 Å². The Balaban J connectivity index is 0.672. The Hall–Kier alpha value is -6.06. The lowest BCUT2D eigenvalue weighted by Gasteiger charge is -2.40. The topological polar surface area (TPSA) is 146 Å². The van der Waals surface area contributed by atoms with Gasteiger partial charge in [-0.25, -0.2) is 9.83 Å². The van der Waals surface area contributed by atoms with Crippen molar-refractivity contribution in [3.8, 4) is 0 Å². The smallest absolute Gasteiger partial charge is 0.372 e. The zero-order chi connectivity index (χ0) is 45.4. The summed E-state index contributed by atoms with van der Waals surface area (Å²) < 4.78 is 40.5. The number of fused-ring (bicyclic) bond motifs is 1. The van der Waals surface area contributed by atoms with Gasteiger partial charge in [-0.15, -0.1) is 0 Å². The third-order valence-corrected chi connectivity index (χ3v) is 14.2. The first-order chi connectivity index (χ1) is 31.3. The Bertz CT molecular complexity index is 2370. The average Bonchev–Trinajstić information content (AvgIpc) is 3.88. The van der Waals surface area contributed by atoms with E-state index in [1.165, 1.54) is 12.1 Å². The molecule has 7 heterocycles. The fraction of sp³-hybridized carbons (Fsp3) is 0.511. The molecule has 0 spiro atoms. The molecular formula is C47H53F3N10O5. The van der Waals surface area contributed by atoms with E-state index in [9.17, 15) is 37.1 Å². The van der Waals surface area contributed by atoms with Crippen LogP contribution in [0, 0.1) is 24.3 Å². The van der Waals surface area contributed by atoms with Crippen molar-refractivity contribution in [3.63, 3.8) is 0 Å². The minimum absolute atomic E-state index is 0.0883. The van der Waals surface area contributed by atoms with Crippen molar-refractivity contribution in [1.82, 2.24) is 25.0 Å². The molecule has 6 aliphatic heterocycles. The number of amides is 5. The highest BCUT2D eigenvalue weighted by molar-refractivity contribution is 6.23. The predicted octanol–water partition coefficient (Wildman–Crippen LogP) is 5.27. The van der Waals surface area contributed by atoms with Gasteiger partial charge in [-0.05, 0) is 92.8 Å². The summed E-state index contributed by atoms with van der Waals surface area (Å²) in [6.45, 7) is 17.8. The quantitative estimate of drug-likeness (QED) is 0.203. The van der Waals surface area contributed by atoms with Crippen LogP contribution in [0.2, 0.25) is 0 Å². The summed E-state index contributed by atoms with van der Waals surface area (Å²) in [5, 5.41) is 5.17. The third kappa shape index (κ3) is 9.53. The SMILES string of the molecule is [C-]#[N+]c1ccc(N2CCC(C(=O)Nc3ccc(N4CCC(CN5CCN(C[C@H]6CCN(c7ccc8c(c7)C(=O)N(C7CCC(=O)NC7=O)C8=O)C6)CC5)CC4)cn3)CC2)cc1C(F)(F)F. The second-order valence-electron chi connectivity index (χ2n) is 18.3. The molecule has 65 heavy (non-hydrogen) atoms. The predicted molar refractivity (Wildman–Crippen MR) is 237 cm³/mol. The van der Waals surface area contributed by atoms with Crippen LogP contribution in [0.5, 0.6) is 0 Å². The van der Waals surface area contributed by atoms with E-state index in [-0.39, 0.29) is 24.7 Å². The number of nitrogens with one attached hydrogen (secondary N) is 2. The molecule has 5 saturated heterocycles. The lowest BCUT2D eigenvalue weighted by Crippen LogP contribution is -2.54. The first-order valence-corrected chi connectivity index (χ1v) is 22.7. The van der Waals surface area contributed by atoms with Crippen LogP contribution < -0.4 is 25.3 Å². The molecule has 0 saturated carbocycles. The van der Waals surface area contributed by atoms with Gasteiger partial charge < -0.3 is 29.8 Å². The summed E-state index contributed by atoms with van der Waals surface area (Å²) in [7, 11) is 0. The molecule has 0 radical (unpaired) electrons. The van der Waals surface area contributed by atoms with Gasteiger partial charge in [0.05, 0.1) is 35.1 Å². The molecule has 2 atom stereocenters. The van der Waals surface area contributed by atoms with E-state index >= 15 is 0 Å². The van der Waals surface area contributed by atoms with Gasteiger partial charge in [-0.1, -0.05) is 6.07 Å². The van der Waals surface area contributed by atoms with Gasteiger partial charge in [0.1, 0.15) is 11.9 Å². The van der Waals surface area contributed by atoms with Gasteiger partial charge in [-0.3, -0.25) is 34.2 Å². The van der Waals surface area contributed by atoms with Gasteiger partial charge in [-0.2, -0.15) is 13.2 Å². The number of piperidine rings is 3. The number of halogens is 3. The first-order valence-electron chi connectivity index (χ1n) is 22.7. The number of piperazine rings is 1. The Labute approximate surface area is 375 Å². The molecule has 0 aliphatic carbocycles. The number of hydrogen-bond donors (Lipinski definition) is 2. The number of rotatable bonds is 10. The van der Waals surface area contributed by atoms with Crippen LogP contribution >= 0.6 is 0 Å². The summed E-state index contributed by atoms with van der Waals surface area (Å²) in [5.41, 5.74) is 1.57. The normalized spacial score (nSPS) is 22.9. The zero-order valence-corrected chi connectivity index (χ0v) is 36.2. The van der Waals surface area contributed by atoms with E-state index in [0.717, 1.165) is 107 Å². The molecule has 2 aromatic carbocycles. The van der Waals surface area contributed by atoms with E-state index in [4.69, 9.17) is 6.57 Å². The summed E-state index contributed by atoms with van der Waals surface area (Å²) in [4.78, 5) is 83.9. The standard InChI is InChI=1S/C47H53F3N10O5/c1-51-39-6-3-34(25-38(39)47(48,49)50)57-18-13-32(14-19-57)43(62)53-41-8-4-35(26-52-41)58-15-10-30(11-16-58)27-55-20-22-56(23-21-55)28-31-12-17-59(29-31)33-2-5-36-37(24-33)46(65)60(45(36)64)40-7-9-42(61)54-44(40)63/h2-6,8,24-26,30-32,40H,7,9-23,27-29H2,(H,52,53,62)(H,54,61,63)/t31-,40?/m1/s1. The first kappa shape index (κ1) is 44.2. The maximum Gasteiger partial charge on any atom is 0.407 e. The van der Waals surface area contributed by atoms with Gasteiger partial charge in [0.15, 0.2) is 5.69 Å². The van der Waals surface area contributed by atoms with Gasteiger partial charge in [0.25, 0.3) is 11.8 Å². The van der Waals surface area contributed by atoms with Crippen molar-refractivity contribution >= 4 is 58.1 Å². The molecule has 1 aromatic heterocycles. The number of hydrogen-bond acceptors (Lipinski definition) is 11. The highest BCUT2D eigenvalue weighted by Crippen LogP contribution is 2.40. The van der Waals surface area contributed by atoms with Crippen LogP contribution in [0.4, 0.5) is 41.7 Å². The van der Waals surface area contributed by atoms with Gasteiger partial charge >= 0.3 is 6.18 Å². The van der Waals surface area contributed by atoms with E-state index < -0.39 is 47.1 Å². The van der Waals surface area contributed by atoms with Crippen molar-refractivity contribution in [2.75, 3.05) is 98.6 Å². The van der Waals surface area contributed by atoms with Gasteiger partial charge in [0.2, 0.25) is 17.7 Å². The molecule has 2 N–H and O–H groups in total. The molecule has 18 heteroatoms. The van der Waals surface area contributed by atoms with Crippen molar-refractivity contribution in [2.45, 2.75) is 57.2 Å². The van der Waals surface area contributed by atoms with Crippen molar-refractivity contribution in [2.24, 2.45) is 17.8 Å².